The van der Waals surface area contributed by atoms with Gasteiger partial charge in [0.25, 0.3) is 11.6 Å². The molecule has 2 N–H and O–H groups in total. The summed E-state index contributed by atoms with van der Waals surface area (Å²) in [5, 5.41) is 28.0. The van der Waals surface area contributed by atoms with Gasteiger partial charge in [-0.15, -0.1) is 0 Å². The Hall–Kier alpha value is -2.74. The minimum atomic E-state index is -0.530. The number of aliphatic hydroxyl groups excluding tert-OH is 1. The molecule has 1 fully saturated rings. The third-order valence-corrected chi connectivity index (χ3v) is 4.47. The molecule has 1 aliphatic carbocycles. The van der Waals surface area contributed by atoms with Crippen molar-refractivity contribution in [2.45, 2.75) is 37.8 Å². The van der Waals surface area contributed by atoms with Gasteiger partial charge >= 0.3 is 0 Å². The van der Waals surface area contributed by atoms with Crippen LogP contribution in [0.1, 0.15) is 36.0 Å². The molecule has 0 radical (unpaired) electrons. The lowest BCUT2D eigenvalue weighted by molar-refractivity contribution is -0.384. The smallest absolute Gasteiger partial charge is 0.269 e. The molecule has 2 atom stereocenters. The van der Waals surface area contributed by atoms with Crippen molar-refractivity contribution in [2.75, 3.05) is 0 Å². The Balaban J connectivity index is 1.85. The highest BCUT2D eigenvalue weighted by atomic mass is 16.6. The number of rotatable bonds is 4. The molecule has 0 saturated heterocycles. The first-order valence-corrected chi connectivity index (χ1v) is 8.23. The van der Waals surface area contributed by atoms with Gasteiger partial charge in [-0.3, -0.25) is 19.6 Å². The molecular formula is C17H20N4O4. The predicted octanol–water partition coefficient (Wildman–Crippen LogP) is 2.03. The fourth-order valence-electron chi connectivity index (χ4n) is 3.13. The maximum absolute atomic E-state index is 12.7. The van der Waals surface area contributed by atoms with E-state index >= 15 is 0 Å². The molecular weight excluding hydrogens is 324 g/mol. The molecule has 132 valence electrons. The number of nitrogens with zero attached hydrogens (tertiary/aromatic N) is 3. The standard InChI is InChI=1S/C17H20N4O4/c1-20-10-13(17(23)18-14-4-2-3-5-15(14)22)16(19-20)11-6-8-12(9-7-11)21(24)25/h6-10,14-15,22H,2-5H2,1H3,(H,18,23). The molecule has 2 unspecified atom stereocenters. The third kappa shape index (κ3) is 3.69. The summed E-state index contributed by atoms with van der Waals surface area (Å²) in [6, 6.07) is 5.67. The zero-order valence-corrected chi connectivity index (χ0v) is 13.9. The van der Waals surface area contributed by atoms with Gasteiger partial charge in [-0.05, 0) is 25.0 Å². The number of aromatic nitrogens is 2. The summed E-state index contributed by atoms with van der Waals surface area (Å²) in [5.41, 5.74) is 1.45. The number of amides is 1. The third-order valence-electron chi connectivity index (χ3n) is 4.47. The maximum atomic E-state index is 12.7. The van der Waals surface area contributed by atoms with Gasteiger partial charge in [0, 0.05) is 30.9 Å². The van der Waals surface area contributed by atoms with E-state index in [1.807, 2.05) is 0 Å². The van der Waals surface area contributed by atoms with Crippen molar-refractivity contribution in [1.29, 1.82) is 0 Å². The Labute approximate surface area is 144 Å². The molecule has 1 heterocycles. The number of hydrogen-bond donors (Lipinski definition) is 2. The highest BCUT2D eigenvalue weighted by Crippen LogP contribution is 2.25. The Bertz CT molecular complexity index is 784. The van der Waals surface area contributed by atoms with E-state index in [-0.39, 0.29) is 17.6 Å². The van der Waals surface area contributed by atoms with E-state index in [0.29, 0.717) is 23.2 Å². The average molecular weight is 344 g/mol. The van der Waals surface area contributed by atoms with Gasteiger partial charge in [0.15, 0.2) is 0 Å². The number of carbonyl (C=O) groups is 1. The van der Waals surface area contributed by atoms with Crippen LogP contribution in [0.25, 0.3) is 11.3 Å². The minimum absolute atomic E-state index is 0.0176. The number of nitro groups is 1. The van der Waals surface area contributed by atoms with Gasteiger partial charge in [-0.1, -0.05) is 12.8 Å². The van der Waals surface area contributed by atoms with E-state index in [1.165, 1.54) is 16.8 Å². The Morgan fingerprint density at radius 2 is 2.00 bits per heavy atom. The van der Waals surface area contributed by atoms with Crippen LogP contribution in [0.2, 0.25) is 0 Å². The average Bonchev–Trinajstić information content (AvgIpc) is 2.99. The lowest BCUT2D eigenvalue weighted by Gasteiger charge is -2.28. The lowest BCUT2D eigenvalue weighted by Crippen LogP contribution is -2.45. The number of non-ortho nitro benzene ring substituents is 1. The number of carbonyl (C=O) groups excluding carboxylic acids is 1. The lowest BCUT2D eigenvalue weighted by atomic mass is 9.92. The van der Waals surface area contributed by atoms with Crippen molar-refractivity contribution >= 4 is 11.6 Å². The molecule has 1 aromatic carbocycles. The molecule has 25 heavy (non-hydrogen) atoms. The second-order valence-corrected chi connectivity index (χ2v) is 6.30. The topological polar surface area (TPSA) is 110 Å². The summed E-state index contributed by atoms with van der Waals surface area (Å²) >= 11 is 0. The van der Waals surface area contributed by atoms with Crippen molar-refractivity contribution in [3.63, 3.8) is 0 Å². The van der Waals surface area contributed by atoms with E-state index in [9.17, 15) is 20.0 Å². The number of nitro benzene ring substituents is 1. The van der Waals surface area contributed by atoms with Gasteiger partial charge in [-0.25, -0.2) is 0 Å². The van der Waals surface area contributed by atoms with Gasteiger partial charge in [0.2, 0.25) is 0 Å². The van der Waals surface area contributed by atoms with Crippen molar-refractivity contribution < 1.29 is 14.8 Å². The minimum Gasteiger partial charge on any atom is -0.391 e. The van der Waals surface area contributed by atoms with E-state index in [2.05, 4.69) is 10.4 Å². The molecule has 1 aliphatic rings. The van der Waals surface area contributed by atoms with Crippen LogP contribution in [-0.4, -0.2) is 37.9 Å². The van der Waals surface area contributed by atoms with Gasteiger partial charge in [0.1, 0.15) is 5.69 Å². The van der Waals surface area contributed by atoms with Crippen molar-refractivity contribution in [3.8, 4) is 11.3 Å². The van der Waals surface area contributed by atoms with Gasteiger partial charge < -0.3 is 10.4 Å². The maximum Gasteiger partial charge on any atom is 0.269 e. The fourth-order valence-corrected chi connectivity index (χ4v) is 3.13. The summed E-state index contributed by atoms with van der Waals surface area (Å²) in [5.74, 6) is -0.299. The van der Waals surface area contributed by atoms with Crippen LogP contribution >= 0.6 is 0 Å². The van der Waals surface area contributed by atoms with Crippen LogP contribution in [-0.2, 0) is 7.05 Å². The molecule has 0 aliphatic heterocycles. The molecule has 3 rings (SSSR count). The Kier molecular flexibility index (Phi) is 4.80. The number of benzene rings is 1. The zero-order valence-electron chi connectivity index (χ0n) is 13.9. The quantitative estimate of drug-likeness (QED) is 0.651. The Morgan fingerprint density at radius 1 is 1.32 bits per heavy atom. The first-order valence-electron chi connectivity index (χ1n) is 8.23. The van der Waals surface area contributed by atoms with Crippen LogP contribution in [0.5, 0.6) is 0 Å². The normalized spacial score (nSPS) is 20.2. The van der Waals surface area contributed by atoms with Crippen LogP contribution in [0.4, 0.5) is 5.69 Å². The summed E-state index contributed by atoms with van der Waals surface area (Å²) in [6.07, 6.45) is 4.46. The molecule has 2 aromatic rings. The fraction of sp³-hybridized carbons (Fsp3) is 0.412. The van der Waals surface area contributed by atoms with Crippen LogP contribution in [0.3, 0.4) is 0 Å². The molecule has 1 aromatic heterocycles. The van der Waals surface area contributed by atoms with E-state index in [4.69, 9.17) is 0 Å². The highest BCUT2D eigenvalue weighted by Gasteiger charge is 2.26. The van der Waals surface area contributed by atoms with Crippen LogP contribution in [0, 0.1) is 10.1 Å². The van der Waals surface area contributed by atoms with Crippen molar-refractivity contribution in [1.82, 2.24) is 15.1 Å². The second-order valence-electron chi connectivity index (χ2n) is 6.30. The highest BCUT2D eigenvalue weighted by molar-refractivity contribution is 6.00. The molecule has 0 spiro atoms. The van der Waals surface area contributed by atoms with E-state index in [0.717, 1.165) is 19.3 Å². The summed E-state index contributed by atoms with van der Waals surface area (Å²) in [6.45, 7) is 0. The first kappa shape index (κ1) is 17.1. The molecule has 0 bridgehead atoms. The summed E-state index contributed by atoms with van der Waals surface area (Å²) in [7, 11) is 1.71. The Morgan fingerprint density at radius 3 is 2.64 bits per heavy atom. The SMILES string of the molecule is Cn1cc(C(=O)NC2CCCCC2O)c(-c2ccc([N+](=O)[O-])cc2)n1. The van der Waals surface area contributed by atoms with Crippen molar-refractivity contribution in [3.05, 3.63) is 46.1 Å². The first-order chi connectivity index (χ1) is 12.0. The van der Waals surface area contributed by atoms with E-state index in [1.54, 1.807) is 25.4 Å². The number of aliphatic hydroxyl groups is 1. The van der Waals surface area contributed by atoms with E-state index < -0.39 is 11.0 Å². The summed E-state index contributed by atoms with van der Waals surface area (Å²) < 4.78 is 1.53. The largest absolute Gasteiger partial charge is 0.391 e. The van der Waals surface area contributed by atoms with Crippen LogP contribution in [0.15, 0.2) is 30.5 Å². The number of hydrogen-bond acceptors (Lipinski definition) is 5. The predicted molar refractivity (Wildman–Crippen MR) is 91.0 cm³/mol. The van der Waals surface area contributed by atoms with Gasteiger partial charge in [-0.2, -0.15) is 5.10 Å². The van der Waals surface area contributed by atoms with Crippen LogP contribution < -0.4 is 5.32 Å². The van der Waals surface area contributed by atoms with Crippen molar-refractivity contribution in [2.24, 2.45) is 7.05 Å². The summed E-state index contributed by atoms with van der Waals surface area (Å²) in [4.78, 5) is 23.0. The molecule has 8 nitrogen and oxygen atoms in total. The number of nitrogens with one attached hydrogen (secondary N) is 1. The molecule has 1 amide bonds. The second kappa shape index (κ2) is 7.02. The monoisotopic (exact) mass is 344 g/mol. The van der Waals surface area contributed by atoms with Gasteiger partial charge in [0.05, 0.1) is 22.6 Å². The zero-order chi connectivity index (χ0) is 18.0. The number of aryl methyl sites for hydroxylation is 1. The molecule has 8 heteroatoms. The molecule has 1 saturated carbocycles.